The van der Waals surface area contributed by atoms with Crippen molar-refractivity contribution >= 4 is 44.9 Å². The minimum Gasteiger partial charge on any atom is -0.494 e. The molecule has 0 unspecified atom stereocenters. The summed E-state index contributed by atoms with van der Waals surface area (Å²) >= 11 is 5.91. The average Bonchev–Trinajstić information content (AvgIpc) is 2.75. The largest absolute Gasteiger partial charge is 0.494 e. The van der Waals surface area contributed by atoms with E-state index in [1.807, 2.05) is 0 Å². The van der Waals surface area contributed by atoms with E-state index in [0.29, 0.717) is 12.4 Å². The van der Waals surface area contributed by atoms with E-state index in [1.54, 1.807) is 6.92 Å². The molecule has 2 N–H and O–H groups in total. The van der Waals surface area contributed by atoms with E-state index in [0.717, 1.165) is 12.1 Å². The highest BCUT2D eigenvalue weighted by Gasteiger charge is 2.21. The maximum absolute atomic E-state index is 12.3. The zero-order valence-electron chi connectivity index (χ0n) is 17.7. The highest BCUT2D eigenvalue weighted by atomic mass is 35.5. The van der Waals surface area contributed by atoms with Crippen LogP contribution in [0.15, 0.2) is 47.4 Å². The molecule has 0 spiro atoms. The van der Waals surface area contributed by atoms with E-state index < -0.39 is 32.9 Å². The van der Waals surface area contributed by atoms with Crippen LogP contribution >= 0.6 is 11.6 Å². The van der Waals surface area contributed by atoms with Crippen LogP contribution in [0.1, 0.15) is 20.3 Å². The highest BCUT2D eigenvalue weighted by Crippen LogP contribution is 2.26. The van der Waals surface area contributed by atoms with Crippen molar-refractivity contribution in [3.05, 3.63) is 57.6 Å². The molecular weight excluding hydrogens is 478 g/mol. The fraction of sp³-hybridized carbons (Fsp3) is 0.300. The second-order valence-corrected chi connectivity index (χ2v) is 8.77. The normalized spacial score (nSPS) is 12.0. The van der Waals surface area contributed by atoms with Crippen LogP contribution in [0, 0.1) is 10.1 Å². The number of sulfonamides is 1. The van der Waals surface area contributed by atoms with Crippen molar-refractivity contribution in [2.24, 2.45) is 0 Å². The van der Waals surface area contributed by atoms with Gasteiger partial charge in [-0.2, -0.15) is 0 Å². The third-order valence-electron chi connectivity index (χ3n) is 4.17. The predicted octanol–water partition coefficient (Wildman–Crippen LogP) is 2.89. The Morgan fingerprint density at radius 1 is 1.18 bits per heavy atom. The van der Waals surface area contributed by atoms with Gasteiger partial charge in [-0.1, -0.05) is 11.6 Å². The predicted molar refractivity (Wildman–Crippen MR) is 120 cm³/mol. The molecule has 1 atom stereocenters. The SMILES string of the molecule is CCOc1ccc(S(=O)(=O)NCCC(=O)O[C@H](C)C(=O)Nc2ccc([N+](=O)[O-])cc2Cl)cc1. The molecule has 0 bridgehead atoms. The number of ether oxygens (including phenoxy) is 2. The van der Waals surface area contributed by atoms with Crippen LogP contribution in [0.3, 0.4) is 0 Å². The summed E-state index contributed by atoms with van der Waals surface area (Å²) in [6.07, 6.45) is -1.53. The summed E-state index contributed by atoms with van der Waals surface area (Å²) in [6.45, 7) is 3.33. The molecule has 178 valence electrons. The Morgan fingerprint density at radius 2 is 1.85 bits per heavy atom. The van der Waals surface area contributed by atoms with Gasteiger partial charge in [-0.3, -0.25) is 19.7 Å². The maximum atomic E-state index is 12.3. The first-order chi connectivity index (χ1) is 15.5. The number of nitro groups is 1. The minimum absolute atomic E-state index is 0.00652. The third-order valence-corrected chi connectivity index (χ3v) is 5.95. The standard InChI is InChI=1S/C20H22ClN3O8S/c1-3-31-15-5-7-16(8-6-15)33(29,30)22-11-10-19(25)32-13(2)20(26)23-18-9-4-14(24(27)28)12-17(18)21/h4-9,12-13,22H,3,10-11H2,1-2H3,(H,23,26)/t13-/m1/s1. The maximum Gasteiger partial charge on any atom is 0.307 e. The summed E-state index contributed by atoms with van der Waals surface area (Å²) in [4.78, 5) is 34.3. The molecule has 2 rings (SSSR count). The first kappa shape index (κ1) is 26.0. The van der Waals surface area contributed by atoms with Gasteiger partial charge < -0.3 is 14.8 Å². The Balaban J connectivity index is 1.83. The van der Waals surface area contributed by atoms with Crippen LogP contribution in [0.2, 0.25) is 5.02 Å². The summed E-state index contributed by atoms with van der Waals surface area (Å²) in [7, 11) is -3.84. The second kappa shape index (κ2) is 11.6. The lowest BCUT2D eigenvalue weighted by Crippen LogP contribution is -2.32. The van der Waals surface area contributed by atoms with E-state index in [1.165, 1.54) is 37.3 Å². The quantitative estimate of drug-likeness (QED) is 0.272. The van der Waals surface area contributed by atoms with Crippen molar-refractivity contribution in [2.75, 3.05) is 18.5 Å². The van der Waals surface area contributed by atoms with Crippen LogP contribution in [-0.4, -0.2) is 44.5 Å². The number of rotatable bonds is 11. The van der Waals surface area contributed by atoms with Gasteiger partial charge in [0.1, 0.15) is 5.75 Å². The van der Waals surface area contributed by atoms with Crippen LogP contribution in [0.25, 0.3) is 0 Å². The van der Waals surface area contributed by atoms with Crippen molar-refractivity contribution in [1.29, 1.82) is 0 Å². The average molecular weight is 500 g/mol. The fourth-order valence-corrected chi connectivity index (χ4v) is 3.77. The molecule has 0 fully saturated rings. The van der Waals surface area contributed by atoms with Crippen molar-refractivity contribution in [3.8, 4) is 5.75 Å². The molecule has 0 aliphatic carbocycles. The molecule has 2 aromatic carbocycles. The molecule has 0 saturated heterocycles. The van der Waals surface area contributed by atoms with Crippen molar-refractivity contribution in [3.63, 3.8) is 0 Å². The van der Waals surface area contributed by atoms with E-state index in [2.05, 4.69) is 10.0 Å². The minimum atomic E-state index is -3.84. The van der Waals surface area contributed by atoms with Crippen molar-refractivity contribution in [2.45, 2.75) is 31.3 Å². The van der Waals surface area contributed by atoms with E-state index in [9.17, 15) is 28.1 Å². The van der Waals surface area contributed by atoms with Gasteiger partial charge in [0.05, 0.1) is 33.6 Å². The van der Waals surface area contributed by atoms with Crippen LogP contribution in [0.5, 0.6) is 5.75 Å². The third kappa shape index (κ3) is 7.70. The van der Waals surface area contributed by atoms with Gasteiger partial charge in [0.25, 0.3) is 11.6 Å². The van der Waals surface area contributed by atoms with Crippen molar-refractivity contribution < 1.29 is 32.4 Å². The van der Waals surface area contributed by atoms with E-state index in [-0.39, 0.29) is 34.3 Å². The molecule has 33 heavy (non-hydrogen) atoms. The zero-order chi connectivity index (χ0) is 24.6. The Labute approximate surface area is 195 Å². The van der Waals surface area contributed by atoms with E-state index >= 15 is 0 Å². The molecule has 13 heteroatoms. The number of amides is 1. The number of esters is 1. The highest BCUT2D eigenvalue weighted by molar-refractivity contribution is 7.89. The molecule has 0 aromatic heterocycles. The number of anilines is 1. The van der Waals surface area contributed by atoms with Gasteiger partial charge >= 0.3 is 5.97 Å². The van der Waals surface area contributed by atoms with Gasteiger partial charge in [0.15, 0.2) is 6.10 Å². The number of nitrogens with zero attached hydrogens (tertiary/aromatic N) is 1. The molecule has 0 heterocycles. The Kier molecular flexibility index (Phi) is 9.14. The number of hydrogen-bond donors (Lipinski definition) is 2. The number of benzene rings is 2. The molecule has 0 aliphatic rings. The smallest absolute Gasteiger partial charge is 0.307 e. The summed E-state index contributed by atoms with van der Waals surface area (Å²) in [5.74, 6) is -0.988. The van der Waals surface area contributed by atoms with Gasteiger partial charge in [-0.15, -0.1) is 0 Å². The number of halogens is 1. The topological polar surface area (TPSA) is 154 Å². The van der Waals surface area contributed by atoms with Crippen LogP contribution < -0.4 is 14.8 Å². The summed E-state index contributed by atoms with van der Waals surface area (Å²) < 4.78 is 37.1. The molecule has 0 radical (unpaired) electrons. The van der Waals surface area contributed by atoms with Crippen LogP contribution in [-0.2, 0) is 24.3 Å². The van der Waals surface area contributed by atoms with Gasteiger partial charge in [-0.25, -0.2) is 13.1 Å². The molecule has 0 aliphatic heterocycles. The zero-order valence-corrected chi connectivity index (χ0v) is 19.3. The number of nitrogens with one attached hydrogen (secondary N) is 2. The lowest BCUT2D eigenvalue weighted by atomic mass is 10.2. The van der Waals surface area contributed by atoms with Gasteiger partial charge in [0, 0.05) is 18.7 Å². The molecule has 11 nitrogen and oxygen atoms in total. The number of non-ortho nitro benzene ring substituents is 1. The first-order valence-corrected chi connectivity index (χ1v) is 11.6. The number of carbonyl (C=O) groups excluding carboxylic acids is 2. The summed E-state index contributed by atoms with van der Waals surface area (Å²) in [5, 5.41) is 13.1. The number of carbonyl (C=O) groups is 2. The molecule has 1 amide bonds. The molecule has 0 saturated carbocycles. The van der Waals surface area contributed by atoms with Crippen molar-refractivity contribution in [1.82, 2.24) is 4.72 Å². The summed E-state index contributed by atoms with van der Waals surface area (Å²) in [6, 6.07) is 9.28. The molecular formula is C20H22ClN3O8S. The fourth-order valence-electron chi connectivity index (χ4n) is 2.52. The lowest BCUT2D eigenvalue weighted by molar-refractivity contribution is -0.384. The Bertz CT molecular complexity index is 1120. The Morgan fingerprint density at radius 3 is 2.42 bits per heavy atom. The number of nitro benzene ring substituents is 1. The lowest BCUT2D eigenvalue weighted by Gasteiger charge is -2.14. The number of hydrogen-bond acceptors (Lipinski definition) is 8. The summed E-state index contributed by atoms with van der Waals surface area (Å²) in [5.41, 5.74) is -0.136. The van der Waals surface area contributed by atoms with E-state index in [4.69, 9.17) is 21.1 Å². The Hall–Kier alpha value is -3.22. The first-order valence-electron chi connectivity index (χ1n) is 9.70. The molecule has 2 aromatic rings. The van der Waals surface area contributed by atoms with Gasteiger partial charge in [0.2, 0.25) is 10.0 Å². The van der Waals surface area contributed by atoms with Crippen LogP contribution in [0.4, 0.5) is 11.4 Å². The van der Waals surface area contributed by atoms with Gasteiger partial charge in [-0.05, 0) is 44.2 Å². The second-order valence-electron chi connectivity index (χ2n) is 6.59. The monoisotopic (exact) mass is 499 g/mol.